The van der Waals surface area contributed by atoms with Crippen molar-refractivity contribution in [2.45, 2.75) is 63.3 Å². The van der Waals surface area contributed by atoms with Crippen molar-refractivity contribution in [3.05, 3.63) is 80.2 Å². The minimum Gasteiger partial charge on any atom is -0.337 e. The molecule has 1 atom stereocenters. The average Bonchev–Trinajstić information content (AvgIpc) is 3.75. The molecule has 5 heterocycles. The molecule has 8 rings (SSSR count). The maximum atomic E-state index is 13.7. The number of halogens is 5. The fourth-order valence-corrected chi connectivity index (χ4v) is 10.6. The third kappa shape index (κ3) is 8.41. The second kappa shape index (κ2) is 16.4. The second-order valence-electron chi connectivity index (χ2n) is 16.0. The van der Waals surface area contributed by atoms with Gasteiger partial charge in [-0.05, 0) is 100 Å². The van der Waals surface area contributed by atoms with Crippen LogP contribution < -0.4 is 15.7 Å². The molecule has 1 unspecified atom stereocenters. The Hall–Kier alpha value is -4.46. The number of para-hydroxylation sites is 1. The lowest BCUT2D eigenvalue weighted by Gasteiger charge is -2.39. The number of benzene rings is 3. The van der Waals surface area contributed by atoms with Crippen molar-refractivity contribution in [1.82, 2.24) is 38.5 Å². The number of carbonyl (C=O) groups excluding carboxylic acids is 2. The van der Waals surface area contributed by atoms with Crippen LogP contribution in [0.1, 0.15) is 55.7 Å². The van der Waals surface area contributed by atoms with Crippen LogP contribution in [-0.4, -0.2) is 99.3 Å². The van der Waals surface area contributed by atoms with Crippen molar-refractivity contribution < 1.29 is 31.2 Å². The van der Waals surface area contributed by atoms with E-state index in [0.29, 0.717) is 50.0 Å². The zero-order valence-electron chi connectivity index (χ0n) is 32.9. The SMILES string of the molecule is CN(CC1CCN(S(=O)(=O)Nc2ccc(Cl)cc2-c2nc3cc(C(F)(F)F)cc(Cl)c3[nH]2)CC1)C1CCN(Cc2cccc3c2n(C)c(=O)n3C2CCC(=O)NC2=O)CC1. The molecule has 2 amide bonds. The Kier molecular flexibility index (Phi) is 11.6. The number of rotatable bonds is 10. The van der Waals surface area contributed by atoms with Crippen LogP contribution in [-0.2, 0) is 39.6 Å². The molecule has 3 N–H and O–H groups in total. The molecule has 3 saturated heterocycles. The van der Waals surface area contributed by atoms with Crippen LogP contribution in [0, 0.1) is 5.92 Å². The summed E-state index contributed by atoms with van der Waals surface area (Å²) in [5, 5.41) is 2.46. The number of hydrogen-bond donors (Lipinski definition) is 3. The van der Waals surface area contributed by atoms with Crippen molar-refractivity contribution in [3.8, 4) is 11.4 Å². The molecule has 60 heavy (non-hydrogen) atoms. The summed E-state index contributed by atoms with van der Waals surface area (Å²) in [5.74, 6) is -0.394. The topological polar surface area (TPSA) is 158 Å². The Bertz CT molecular complexity index is 2650. The summed E-state index contributed by atoms with van der Waals surface area (Å²) in [6, 6.07) is 11.6. The van der Waals surface area contributed by atoms with Gasteiger partial charge in [0.25, 0.3) is 0 Å². The highest BCUT2D eigenvalue weighted by Gasteiger charge is 2.35. The molecular weight excluding hydrogens is 846 g/mol. The molecule has 3 aliphatic rings. The maximum Gasteiger partial charge on any atom is 0.416 e. The number of aryl methyl sites for hydroxylation is 1. The normalized spacial score (nSPS) is 19.5. The van der Waals surface area contributed by atoms with Crippen LogP contribution in [0.5, 0.6) is 0 Å². The van der Waals surface area contributed by atoms with Crippen molar-refractivity contribution in [2.24, 2.45) is 13.0 Å². The number of amides is 2. The van der Waals surface area contributed by atoms with Crippen LogP contribution in [0.3, 0.4) is 0 Å². The minimum absolute atomic E-state index is 0.0281. The molecule has 20 heteroatoms. The van der Waals surface area contributed by atoms with E-state index in [2.05, 4.69) is 36.9 Å². The molecule has 3 aliphatic heterocycles. The van der Waals surface area contributed by atoms with Crippen molar-refractivity contribution in [3.63, 3.8) is 0 Å². The summed E-state index contributed by atoms with van der Waals surface area (Å²) in [4.78, 5) is 49.8. The highest BCUT2D eigenvalue weighted by atomic mass is 35.5. The number of hydrogen-bond acceptors (Lipinski definition) is 8. The summed E-state index contributed by atoms with van der Waals surface area (Å²) in [5.41, 5.74) is 1.77. The number of aromatic amines is 1. The molecule has 0 spiro atoms. The second-order valence-corrected chi connectivity index (χ2v) is 18.5. The number of likely N-dealkylation sites (tertiary alicyclic amines) is 1. The van der Waals surface area contributed by atoms with Gasteiger partial charge in [-0.3, -0.25) is 33.7 Å². The first kappa shape index (κ1) is 42.2. The van der Waals surface area contributed by atoms with Gasteiger partial charge >= 0.3 is 22.1 Å². The monoisotopic (exact) mass is 889 g/mol. The first-order valence-corrected chi connectivity index (χ1v) is 22.0. The largest absolute Gasteiger partial charge is 0.416 e. The standard InChI is InChI=1S/C40H44Cl2F3N9O5S/c1-50(27-12-14-52(15-13-27)22-24-4-3-5-32-36(24)51(2)39(57)54(32)33-8-9-34(55)47-38(33)56)21-23-10-16-53(17-11-23)60(58,59)49-30-7-6-26(41)20-28(30)37-46-31-19-25(40(43,44)45)18-29(42)35(31)48-37/h3-7,18-20,23,27,33,49H,8-17,21-22H2,1-2H3,(H,46,48)(H,47,55,56). The number of carbonyl (C=O) groups is 2. The number of H-pyrrole nitrogens is 1. The third-order valence-corrected chi connectivity index (χ3v) is 14.1. The lowest BCUT2D eigenvalue weighted by atomic mass is 9.95. The Morgan fingerprint density at radius 2 is 1.70 bits per heavy atom. The Morgan fingerprint density at radius 1 is 0.967 bits per heavy atom. The van der Waals surface area contributed by atoms with E-state index in [1.54, 1.807) is 11.6 Å². The number of aromatic nitrogens is 4. The van der Waals surface area contributed by atoms with Gasteiger partial charge in [0, 0.05) is 56.3 Å². The number of imidazole rings is 2. The maximum absolute atomic E-state index is 13.7. The zero-order valence-corrected chi connectivity index (χ0v) is 35.2. The molecule has 320 valence electrons. The van der Waals surface area contributed by atoms with Crippen LogP contribution in [0.15, 0.2) is 53.3 Å². The number of fused-ring (bicyclic) bond motifs is 2. The quantitative estimate of drug-likeness (QED) is 0.141. The van der Waals surface area contributed by atoms with Crippen molar-refractivity contribution in [1.29, 1.82) is 0 Å². The number of alkyl halides is 3. The Balaban J connectivity index is 0.858. The van der Waals surface area contributed by atoms with Gasteiger partial charge in [0.05, 0.1) is 38.3 Å². The van der Waals surface area contributed by atoms with Crippen LogP contribution in [0.4, 0.5) is 18.9 Å². The third-order valence-electron chi connectivity index (χ3n) is 12.1. The Morgan fingerprint density at radius 3 is 2.40 bits per heavy atom. The minimum atomic E-state index is -4.63. The van der Waals surface area contributed by atoms with Crippen LogP contribution in [0.25, 0.3) is 33.5 Å². The summed E-state index contributed by atoms with van der Waals surface area (Å²) >= 11 is 12.4. The van der Waals surface area contributed by atoms with Gasteiger partial charge < -0.3 is 9.88 Å². The first-order chi connectivity index (χ1) is 28.5. The summed E-state index contributed by atoms with van der Waals surface area (Å²) in [6.07, 6.45) is -0.933. The molecule has 5 aromatic rings. The Labute approximate surface area is 353 Å². The molecule has 3 fully saturated rings. The lowest BCUT2D eigenvalue weighted by molar-refractivity contribution is -0.138. The molecular formula is C40H44Cl2F3N9O5S. The van der Waals surface area contributed by atoms with Gasteiger partial charge in [0.15, 0.2) is 0 Å². The molecule has 0 aliphatic carbocycles. The number of nitrogens with zero attached hydrogens (tertiary/aromatic N) is 6. The van der Waals surface area contributed by atoms with E-state index in [-0.39, 0.29) is 62.6 Å². The molecule has 0 radical (unpaired) electrons. The van der Waals surface area contributed by atoms with E-state index in [1.165, 1.54) is 27.1 Å². The lowest BCUT2D eigenvalue weighted by Crippen LogP contribution is -2.47. The van der Waals surface area contributed by atoms with E-state index in [4.69, 9.17) is 23.2 Å². The summed E-state index contributed by atoms with van der Waals surface area (Å²) in [7, 11) is -0.185. The summed E-state index contributed by atoms with van der Waals surface area (Å²) < 4.78 is 74.9. The first-order valence-electron chi connectivity index (χ1n) is 19.8. The fraction of sp³-hybridized carbons (Fsp3) is 0.450. The van der Waals surface area contributed by atoms with Gasteiger partial charge in [0.2, 0.25) is 11.8 Å². The smallest absolute Gasteiger partial charge is 0.337 e. The molecule has 14 nitrogen and oxygen atoms in total. The van der Waals surface area contributed by atoms with E-state index in [0.717, 1.165) is 55.7 Å². The van der Waals surface area contributed by atoms with E-state index in [9.17, 15) is 36.0 Å². The van der Waals surface area contributed by atoms with Gasteiger partial charge in [-0.25, -0.2) is 9.78 Å². The van der Waals surface area contributed by atoms with E-state index in [1.807, 2.05) is 18.2 Å². The van der Waals surface area contributed by atoms with E-state index >= 15 is 0 Å². The summed E-state index contributed by atoms with van der Waals surface area (Å²) in [6.45, 7) is 3.82. The van der Waals surface area contributed by atoms with E-state index < -0.39 is 33.9 Å². The predicted octanol–water partition coefficient (Wildman–Crippen LogP) is 6.15. The average molecular weight is 891 g/mol. The number of anilines is 1. The van der Waals surface area contributed by atoms with Gasteiger partial charge in [0.1, 0.15) is 11.9 Å². The van der Waals surface area contributed by atoms with Crippen molar-refractivity contribution in [2.75, 3.05) is 44.5 Å². The zero-order chi connectivity index (χ0) is 42.7. The van der Waals surface area contributed by atoms with Gasteiger partial charge in [-0.15, -0.1) is 0 Å². The molecule has 3 aromatic carbocycles. The predicted molar refractivity (Wildman–Crippen MR) is 223 cm³/mol. The fourth-order valence-electron chi connectivity index (χ4n) is 8.89. The molecule has 0 saturated carbocycles. The van der Waals surface area contributed by atoms with Crippen LogP contribution >= 0.6 is 23.2 Å². The highest BCUT2D eigenvalue weighted by molar-refractivity contribution is 7.90. The van der Waals surface area contributed by atoms with Crippen molar-refractivity contribution >= 4 is 73.0 Å². The number of nitrogens with one attached hydrogen (secondary N) is 3. The molecule has 0 bridgehead atoms. The van der Waals surface area contributed by atoms with Gasteiger partial charge in [-0.1, -0.05) is 35.3 Å². The van der Waals surface area contributed by atoms with Gasteiger partial charge in [-0.2, -0.15) is 25.9 Å². The van der Waals surface area contributed by atoms with Crippen LogP contribution in [0.2, 0.25) is 10.0 Å². The number of imide groups is 1. The molecule has 2 aromatic heterocycles. The highest BCUT2D eigenvalue weighted by Crippen LogP contribution is 2.38. The number of piperidine rings is 3.